The largest absolute Gasteiger partial charge is 0.395 e. The summed E-state index contributed by atoms with van der Waals surface area (Å²) in [5.41, 5.74) is 0.768. The predicted molar refractivity (Wildman–Crippen MR) is 80.5 cm³/mol. The van der Waals surface area contributed by atoms with E-state index in [1.54, 1.807) is 36.2 Å². The molecule has 7 heteroatoms. The van der Waals surface area contributed by atoms with Gasteiger partial charge in [-0.3, -0.25) is 4.79 Å². The van der Waals surface area contributed by atoms with Gasteiger partial charge in [-0.15, -0.1) is 0 Å². The molecule has 1 saturated heterocycles. The van der Waals surface area contributed by atoms with Crippen LogP contribution in [0.3, 0.4) is 0 Å². The molecule has 1 aliphatic rings. The second kappa shape index (κ2) is 6.78. The Kier molecular flexibility index (Phi) is 5.03. The topological polar surface area (TPSA) is 72.9 Å². The average Bonchev–Trinajstić information content (AvgIpc) is 2.80. The number of halogens is 1. The monoisotopic (exact) mass is 311 g/mol. The van der Waals surface area contributed by atoms with Crippen molar-refractivity contribution in [2.75, 3.05) is 31.6 Å². The van der Waals surface area contributed by atoms with Crippen molar-refractivity contribution < 1.29 is 14.7 Å². The number of benzene rings is 1. The van der Waals surface area contributed by atoms with Crippen molar-refractivity contribution in [1.29, 1.82) is 0 Å². The van der Waals surface area contributed by atoms with Crippen LogP contribution in [-0.2, 0) is 4.79 Å². The summed E-state index contributed by atoms with van der Waals surface area (Å²) in [6, 6.07) is 6.49. The number of urea groups is 1. The number of carbonyl (C=O) groups excluding carboxylic acids is 2. The number of aliphatic hydroxyl groups is 1. The van der Waals surface area contributed by atoms with Crippen LogP contribution in [0.4, 0.5) is 10.5 Å². The molecule has 0 bridgehead atoms. The highest BCUT2D eigenvalue weighted by Gasteiger charge is 2.32. The van der Waals surface area contributed by atoms with Gasteiger partial charge in [0.15, 0.2) is 0 Å². The van der Waals surface area contributed by atoms with E-state index in [0.29, 0.717) is 11.6 Å². The first-order valence-corrected chi connectivity index (χ1v) is 7.07. The summed E-state index contributed by atoms with van der Waals surface area (Å²) in [5.74, 6) is -0.0348. The molecule has 1 aromatic carbocycles. The molecule has 0 spiro atoms. The molecular weight excluding hydrogens is 294 g/mol. The van der Waals surface area contributed by atoms with E-state index in [1.807, 2.05) is 0 Å². The lowest BCUT2D eigenvalue weighted by Gasteiger charge is -2.20. The molecule has 1 heterocycles. The average molecular weight is 312 g/mol. The summed E-state index contributed by atoms with van der Waals surface area (Å²) in [5, 5.41) is 12.2. The van der Waals surface area contributed by atoms with Gasteiger partial charge < -0.3 is 20.2 Å². The zero-order valence-electron chi connectivity index (χ0n) is 11.8. The van der Waals surface area contributed by atoms with Crippen molar-refractivity contribution in [2.45, 2.75) is 12.5 Å². The normalized spacial score (nSPS) is 18.0. The standard InChI is InChI=1S/C14H18ClN3O3/c1-17(6-7-19)14(21)16-11-8-13(20)18(9-11)12-4-2-10(15)3-5-12/h2-5,11,19H,6-9H2,1H3,(H,16,21)/t11-/m1/s1. The second-order valence-electron chi connectivity index (χ2n) is 4.98. The number of amides is 3. The molecule has 0 aliphatic carbocycles. The van der Waals surface area contributed by atoms with E-state index in [0.717, 1.165) is 5.69 Å². The first kappa shape index (κ1) is 15.6. The molecule has 0 saturated carbocycles. The van der Waals surface area contributed by atoms with Gasteiger partial charge in [0.05, 0.1) is 12.6 Å². The molecule has 3 amide bonds. The van der Waals surface area contributed by atoms with Gasteiger partial charge in [-0.2, -0.15) is 0 Å². The van der Waals surface area contributed by atoms with E-state index < -0.39 is 0 Å². The van der Waals surface area contributed by atoms with E-state index in [9.17, 15) is 9.59 Å². The number of hydrogen-bond donors (Lipinski definition) is 2. The van der Waals surface area contributed by atoms with E-state index in [1.165, 1.54) is 4.90 Å². The Balaban J connectivity index is 1.96. The summed E-state index contributed by atoms with van der Waals surface area (Å²) in [4.78, 5) is 26.9. The van der Waals surface area contributed by atoms with Crippen molar-refractivity contribution in [3.8, 4) is 0 Å². The van der Waals surface area contributed by atoms with Crippen LogP contribution in [-0.4, -0.2) is 54.7 Å². The lowest BCUT2D eigenvalue weighted by molar-refractivity contribution is -0.117. The van der Waals surface area contributed by atoms with Gasteiger partial charge in [0.1, 0.15) is 0 Å². The van der Waals surface area contributed by atoms with Crippen LogP contribution < -0.4 is 10.2 Å². The number of aliphatic hydroxyl groups excluding tert-OH is 1. The van der Waals surface area contributed by atoms with Crippen molar-refractivity contribution in [2.24, 2.45) is 0 Å². The fourth-order valence-corrected chi connectivity index (χ4v) is 2.34. The van der Waals surface area contributed by atoms with Gasteiger partial charge >= 0.3 is 6.03 Å². The molecule has 21 heavy (non-hydrogen) atoms. The third-order valence-corrected chi connectivity index (χ3v) is 3.63. The van der Waals surface area contributed by atoms with E-state index >= 15 is 0 Å². The smallest absolute Gasteiger partial charge is 0.317 e. The maximum Gasteiger partial charge on any atom is 0.317 e. The van der Waals surface area contributed by atoms with Gasteiger partial charge in [0, 0.05) is 37.3 Å². The fourth-order valence-electron chi connectivity index (χ4n) is 2.21. The molecule has 6 nitrogen and oxygen atoms in total. The lowest BCUT2D eigenvalue weighted by Crippen LogP contribution is -2.45. The predicted octanol–water partition coefficient (Wildman–Crippen LogP) is 1.08. The SMILES string of the molecule is CN(CCO)C(=O)N[C@@H]1CC(=O)N(c2ccc(Cl)cc2)C1. The minimum Gasteiger partial charge on any atom is -0.395 e. The Morgan fingerprint density at radius 3 is 2.76 bits per heavy atom. The Morgan fingerprint density at radius 1 is 1.48 bits per heavy atom. The molecule has 1 aromatic rings. The zero-order valence-corrected chi connectivity index (χ0v) is 12.5. The van der Waals surface area contributed by atoms with Crippen molar-refractivity contribution in [3.63, 3.8) is 0 Å². The zero-order chi connectivity index (χ0) is 15.4. The van der Waals surface area contributed by atoms with Crippen LogP contribution in [0.15, 0.2) is 24.3 Å². The first-order chi connectivity index (χ1) is 10.0. The molecule has 1 atom stereocenters. The Bertz CT molecular complexity index is 521. The Labute approximate surface area is 128 Å². The second-order valence-corrected chi connectivity index (χ2v) is 5.41. The van der Waals surface area contributed by atoms with Crippen LogP contribution in [0.1, 0.15) is 6.42 Å². The first-order valence-electron chi connectivity index (χ1n) is 6.69. The van der Waals surface area contributed by atoms with E-state index in [-0.39, 0.29) is 37.6 Å². The molecule has 2 rings (SSSR count). The van der Waals surface area contributed by atoms with E-state index in [4.69, 9.17) is 16.7 Å². The van der Waals surface area contributed by atoms with Gasteiger partial charge in [-0.25, -0.2) is 4.79 Å². The van der Waals surface area contributed by atoms with Crippen molar-refractivity contribution in [3.05, 3.63) is 29.3 Å². The van der Waals surface area contributed by atoms with Gasteiger partial charge in [-0.05, 0) is 24.3 Å². The Hall–Kier alpha value is -1.79. The molecule has 114 valence electrons. The molecule has 0 unspecified atom stereocenters. The summed E-state index contributed by atoms with van der Waals surface area (Å²) in [6.07, 6.45) is 0.265. The molecule has 1 fully saturated rings. The number of carbonyl (C=O) groups is 2. The van der Waals surface area contributed by atoms with Crippen molar-refractivity contribution in [1.82, 2.24) is 10.2 Å². The minimum atomic E-state index is -0.292. The number of hydrogen-bond acceptors (Lipinski definition) is 3. The third-order valence-electron chi connectivity index (χ3n) is 3.37. The maximum atomic E-state index is 12.0. The summed E-state index contributed by atoms with van der Waals surface area (Å²) >= 11 is 5.83. The highest BCUT2D eigenvalue weighted by Crippen LogP contribution is 2.23. The van der Waals surface area contributed by atoms with Crippen LogP contribution in [0, 0.1) is 0 Å². The summed E-state index contributed by atoms with van der Waals surface area (Å²) in [6.45, 7) is 0.594. The third kappa shape index (κ3) is 3.86. The number of nitrogens with zero attached hydrogens (tertiary/aromatic N) is 2. The van der Waals surface area contributed by atoms with Crippen LogP contribution in [0.25, 0.3) is 0 Å². The summed E-state index contributed by atoms with van der Waals surface area (Å²) in [7, 11) is 1.60. The molecule has 0 radical (unpaired) electrons. The van der Waals surface area contributed by atoms with Gasteiger partial charge in [0.25, 0.3) is 0 Å². The minimum absolute atomic E-state index is 0.0348. The van der Waals surface area contributed by atoms with Crippen LogP contribution in [0.2, 0.25) is 5.02 Å². The quantitative estimate of drug-likeness (QED) is 0.874. The lowest BCUT2D eigenvalue weighted by atomic mass is 10.2. The van der Waals surface area contributed by atoms with Gasteiger partial charge in [-0.1, -0.05) is 11.6 Å². The molecular formula is C14H18ClN3O3. The number of likely N-dealkylation sites (N-methyl/N-ethyl adjacent to an activating group) is 1. The number of anilines is 1. The highest BCUT2D eigenvalue weighted by atomic mass is 35.5. The number of nitrogens with one attached hydrogen (secondary N) is 1. The van der Waals surface area contributed by atoms with Gasteiger partial charge in [0.2, 0.25) is 5.91 Å². The van der Waals surface area contributed by atoms with Crippen molar-refractivity contribution >= 4 is 29.2 Å². The fraction of sp³-hybridized carbons (Fsp3) is 0.429. The van der Waals surface area contributed by atoms with E-state index in [2.05, 4.69) is 5.32 Å². The molecule has 2 N–H and O–H groups in total. The number of rotatable bonds is 4. The molecule has 0 aromatic heterocycles. The maximum absolute atomic E-state index is 12.0. The Morgan fingerprint density at radius 2 is 2.14 bits per heavy atom. The summed E-state index contributed by atoms with van der Waals surface area (Å²) < 4.78 is 0. The highest BCUT2D eigenvalue weighted by molar-refractivity contribution is 6.30. The molecule has 1 aliphatic heterocycles. The van der Waals surface area contributed by atoms with Crippen LogP contribution in [0.5, 0.6) is 0 Å². The van der Waals surface area contributed by atoms with Crippen LogP contribution >= 0.6 is 11.6 Å².